The maximum Gasteiger partial charge on any atom is 0.248 e. The zero-order chi connectivity index (χ0) is 24.2. The van der Waals surface area contributed by atoms with Gasteiger partial charge in [0, 0.05) is 34.3 Å². The minimum Gasteiger partial charge on any atom is -0.497 e. The van der Waals surface area contributed by atoms with Crippen molar-refractivity contribution in [1.82, 2.24) is 0 Å². The number of nitrogens with one attached hydrogen (secondary N) is 1. The van der Waals surface area contributed by atoms with Crippen molar-refractivity contribution in [3.63, 3.8) is 0 Å². The van der Waals surface area contributed by atoms with Crippen molar-refractivity contribution >= 4 is 28.1 Å². The second kappa shape index (κ2) is 9.87. The molecule has 1 N–H and O–H groups in total. The molecule has 5 nitrogen and oxygen atoms in total. The maximum absolute atomic E-state index is 12.8. The number of methoxy groups -OCH3 is 1. The predicted octanol–water partition coefficient (Wildman–Crippen LogP) is 7.17. The Balaban J connectivity index is 1.72. The predicted molar refractivity (Wildman–Crippen MR) is 138 cm³/mol. The standard InChI is InChI=1S/C29H29NO4/c1-6-33-27-16-28-24(25(17-34-28)21-9-11-22(32-5)12-10-21)15-23(27)20(4)14-29(31)30-26-13-18(2)7-8-19(26)3/h7-17H,6H2,1-5H3,(H,30,31)/b20-14+. The number of allylic oxidation sites excluding steroid dienone is 1. The van der Waals surface area contributed by atoms with Gasteiger partial charge in [-0.2, -0.15) is 0 Å². The Kier molecular flexibility index (Phi) is 6.73. The van der Waals surface area contributed by atoms with E-state index in [1.165, 1.54) is 0 Å². The molecule has 1 aromatic heterocycles. The Morgan fingerprint density at radius 1 is 1.06 bits per heavy atom. The lowest BCUT2D eigenvalue weighted by Gasteiger charge is -2.12. The fourth-order valence-electron chi connectivity index (χ4n) is 3.95. The van der Waals surface area contributed by atoms with Crippen LogP contribution in [-0.4, -0.2) is 19.6 Å². The summed E-state index contributed by atoms with van der Waals surface area (Å²) in [5, 5.41) is 3.95. The lowest BCUT2D eigenvalue weighted by atomic mass is 9.99. The van der Waals surface area contributed by atoms with Crippen LogP contribution in [0.1, 0.15) is 30.5 Å². The summed E-state index contributed by atoms with van der Waals surface area (Å²) in [4.78, 5) is 12.8. The molecule has 1 heterocycles. The van der Waals surface area contributed by atoms with Crippen LogP contribution in [-0.2, 0) is 4.79 Å². The minimum absolute atomic E-state index is 0.184. The Labute approximate surface area is 200 Å². The number of hydrogen-bond acceptors (Lipinski definition) is 4. The van der Waals surface area contributed by atoms with Crippen LogP contribution < -0.4 is 14.8 Å². The number of aryl methyl sites for hydroxylation is 2. The monoisotopic (exact) mass is 455 g/mol. The summed E-state index contributed by atoms with van der Waals surface area (Å²) in [7, 11) is 1.65. The Bertz CT molecular complexity index is 1360. The van der Waals surface area contributed by atoms with E-state index in [1.807, 2.05) is 82.3 Å². The summed E-state index contributed by atoms with van der Waals surface area (Å²) in [6.45, 7) is 8.34. The van der Waals surface area contributed by atoms with Gasteiger partial charge in [0.1, 0.15) is 17.1 Å². The molecule has 4 aromatic rings. The molecule has 0 aliphatic heterocycles. The van der Waals surface area contributed by atoms with E-state index in [1.54, 1.807) is 19.4 Å². The van der Waals surface area contributed by atoms with Gasteiger partial charge in [-0.3, -0.25) is 4.79 Å². The summed E-state index contributed by atoms with van der Waals surface area (Å²) in [5.74, 6) is 1.29. The molecule has 0 unspecified atom stereocenters. The van der Waals surface area contributed by atoms with Gasteiger partial charge >= 0.3 is 0 Å². The van der Waals surface area contributed by atoms with Crippen LogP contribution in [0, 0.1) is 13.8 Å². The fourth-order valence-corrected chi connectivity index (χ4v) is 3.95. The largest absolute Gasteiger partial charge is 0.497 e. The van der Waals surface area contributed by atoms with Crippen LogP contribution in [0.4, 0.5) is 5.69 Å². The van der Waals surface area contributed by atoms with E-state index in [9.17, 15) is 4.79 Å². The van der Waals surface area contributed by atoms with Gasteiger partial charge in [0.2, 0.25) is 5.91 Å². The number of anilines is 1. The second-order valence-corrected chi connectivity index (χ2v) is 8.29. The van der Waals surface area contributed by atoms with E-state index in [-0.39, 0.29) is 5.91 Å². The number of fused-ring (bicyclic) bond motifs is 1. The molecular weight excluding hydrogens is 426 g/mol. The van der Waals surface area contributed by atoms with Gasteiger partial charge in [0.15, 0.2) is 0 Å². The molecule has 174 valence electrons. The van der Waals surface area contributed by atoms with Crippen LogP contribution in [0.15, 0.2) is 71.4 Å². The van der Waals surface area contributed by atoms with Crippen molar-refractivity contribution in [3.8, 4) is 22.6 Å². The smallest absolute Gasteiger partial charge is 0.248 e. The summed E-state index contributed by atoms with van der Waals surface area (Å²) in [6, 6.07) is 17.8. The molecule has 0 aliphatic carbocycles. The van der Waals surface area contributed by atoms with Crippen LogP contribution >= 0.6 is 0 Å². The molecule has 3 aromatic carbocycles. The zero-order valence-corrected chi connectivity index (χ0v) is 20.2. The first kappa shape index (κ1) is 23.2. The number of benzene rings is 3. The average Bonchev–Trinajstić information content (AvgIpc) is 3.24. The fraction of sp³-hybridized carbons (Fsp3) is 0.207. The van der Waals surface area contributed by atoms with Crippen molar-refractivity contribution in [1.29, 1.82) is 0 Å². The number of furan rings is 1. The first-order valence-electron chi connectivity index (χ1n) is 11.3. The molecule has 0 bridgehead atoms. The summed E-state index contributed by atoms with van der Waals surface area (Å²) in [6.07, 6.45) is 3.36. The van der Waals surface area contributed by atoms with Gasteiger partial charge in [-0.05, 0) is 74.2 Å². The molecule has 0 atom stereocenters. The van der Waals surface area contributed by atoms with E-state index in [2.05, 4.69) is 5.32 Å². The van der Waals surface area contributed by atoms with E-state index < -0.39 is 0 Å². The number of rotatable bonds is 7. The van der Waals surface area contributed by atoms with Crippen molar-refractivity contribution in [3.05, 3.63) is 83.6 Å². The van der Waals surface area contributed by atoms with Crippen molar-refractivity contribution in [2.45, 2.75) is 27.7 Å². The van der Waals surface area contributed by atoms with Crippen molar-refractivity contribution in [2.24, 2.45) is 0 Å². The molecule has 0 aliphatic rings. The Hall–Kier alpha value is -3.99. The van der Waals surface area contributed by atoms with Crippen LogP contribution in [0.5, 0.6) is 11.5 Å². The average molecular weight is 456 g/mol. The highest BCUT2D eigenvalue weighted by Crippen LogP contribution is 2.38. The zero-order valence-electron chi connectivity index (χ0n) is 20.2. The number of carbonyl (C=O) groups excluding carboxylic acids is 1. The SMILES string of the molecule is CCOc1cc2occ(-c3ccc(OC)cc3)c2cc1/C(C)=C/C(=O)Nc1cc(C)ccc1C. The van der Waals surface area contributed by atoms with Gasteiger partial charge < -0.3 is 19.2 Å². The normalized spacial score (nSPS) is 11.5. The molecule has 0 spiro atoms. The lowest BCUT2D eigenvalue weighted by molar-refractivity contribution is -0.111. The van der Waals surface area contributed by atoms with Gasteiger partial charge in [-0.25, -0.2) is 0 Å². The molecule has 0 radical (unpaired) electrons. The van der Waals surface area contributed by atoms with Gasteiger partial charge in [0.25, 0.3) is 0 Å². The highest BCUT2D eigenvalue weighted by atomic mass is 16.5. The third-order valence-electron chi connectivity index (χ3n) is 5.80. The molecule has 1 amide bonds. The maximum atomic E-state index is 12.8. The van der Waals surface area contributed by atoms with E-state index >= 15 is 0 Å². The summed E-state index contributed by atoms with van der Waals surface area (Å²) >= 11 is 0. The van der Waals surface area contributed by atoms with E-state index in [4.69, 9.17) is 13.9 Å². The third kappa shape index (κ3) is 4.84. The van der Waals surface area contributed by atoms with Gasteiger partial charge in [0.05, 0.1) is 20.0 Å². The molecule has 4 rings (SSSR count). The van der Waals surface area contributed by atoms with E-state index in [0.29, 0.717) is 12.4 Å². The molecule has 0 saturated heterocycles. The summed E-state index contributed by atoms with van der Waals surface area (Å²) in [5.41, 5.74) is 7.28. The topological polar surface area (TPSA) is 60.7 Å². The van der Waals surface area contributed by atoms with Crippen molar-refractivity contribution < 1.29 is 18.7 Å². The highest BCUT2D eigenvalue weighted by Gasteiger charge is 2.15. The van der Waals surface area contributed by atoms with Crippen LogP contribution in [0.2, 0.25) is 0 Å². The molecule has 0 saturated carbocycles. The Morgan fingerprint density at radius 2 is 1.82 bits per heavy atom. The first-order chi connectivity index (χ1) is 16.4. The number of carbonyl (C=O) groups is 1. The molecule has 34 heavy (non-hydrogen) atoms. The second-order valence-electron chi connectivity index (χ2n) is 8.29. The lowest BCUT2D eigenvalue weighted by Crippen LogP contribution is -2.10. The van der Waals surface area contributed by atoms with Crippen molar-refractivity contribution in [2.75, 3.05) is 19.0 Å². The van der Waals surface area contributed by atoms with E-state index in [0.717, 1.165) is 55.8 Å². The quantitative estimate of drug-likeness (QED) is 0.300. The Morgan fingerprint density at radius 3 is 2.53 bits per heavy atom. The van der Waals surface area contributed by atoms with Gasteiger partial charge in [-0.1, -0.05) is 24.3 Å². The highest BCUT2D eigenvalue weighted by molar-refractivity contribution is 6.05. The number of amides is 1. The summed E-state index contributed by atoms with van der Waals surface area (Å²) < 4.78 is 17.0. The molecule has 5 heteroatoms. The minimum atomic E-state index is -0.184. The molecular formula is C29H29NO4. The first-order valence-corrected chi connectivity index (χ1v) is 11.3. The molecule has 0 fully saturated rings. The van der Waals surface area contributed by atoms with Gasteiger partial charge in [-0.15, -0.1) is 0 Å². The van der Waals surface area contributed by atoms with Crippen LogP contribution in [0.25, 0.3) is 27.7 Å². The number of hydrogen-bond donors (Lipinski definition) is 1. The third-order valence-corrected chi connectivity index (χ3v) is 5.80. The number of ether oxygens (including phenoxy) is 2. The van der Waals surface area contributed by atoms with Crippen LogP contribution in [0.3, 0.4) is 0 Å².